The zero-order chi connectivity index (χ0) is 15.1. The lowest BCUT2D eigenvalue weighted by Gasteiger charge is -2.06. The summed E-state index contributed by atoms with van der Waals surface area (Å²) in [6, 6.07) is 16.1. The fraction of sp³-hybridized carbons (Fsp3) is 0.200. The highest BCUT2D eigenvalue weighted by molar-refractivity contribution is 7.88. The van der Waals surface area contributed by atoms with Crippen molar-refractivity contribution in [3.05, 3.63) is 70.7 Å². The van der Waals surface area contributed by atoms with Gasteiger partial charge in [-0.25, -0.2) is 13.1 Å². The number of diazo groups is 1. The van der Waals surface area contributed by atoms with Crippen LogP contribution in [-0.2, 0) is 22.2 Å². The van der Waals surface area contributed by atoms with Crippen LogP contribution in [0.5, 0.6) is 0 Å². The van der Waals surface area contributed by atoms with E-state index in [1.807, 2.05) is 30.3 Å². The first-order valence-electron chi connectivity index (χ1n) is 6.54. The molecule has 0 amide bonds. The van der Waals surface area contributed by atoms with E-state index in [4.69, 9.17) is 5.39 Å². The number of halogens is 1. The Hall–Kier alpha value is -1.94. The zero-order valence-corrected chi connectivity index (χ0v) is 13.4. The molecular weight excluding hydrogens is 322 g/mol. The highest BCUT2D eigenvalue weighted by Crippen LogP contribution is 2.14. The number of nitrogens with zero attached hydrogens (tertiary/aromatic N) is 2. The van der Waals surface area contributed by atoms with Gasteiger partial charge < -0.3 is 12.4 Å². The van der Waals surface area contributed by atoms with E-state index < -0.39 is 10.0 Å². The number of nitrogens with one attached hydrogen (secondary N) is 1. The van der Waals surface area contributed by atoms with E-state index in [1.165, 1.54) is 0 Å². The van der Waals surface area contributed by atoms with Gasteiger partial charge in [0.1, 0.15) is 0 Å². The molecule has 0 fully saturated rings. The van der Waals surface area contributed by atoms with Crippen molar-refractivity contribution in [2.75, 3.05) is 6.54 Å². The van der Waals surface area contributed by atoms with Crippen LogP contribution < -0.4 is 17.1 Å². The average molecular weight is 338 g/mol. The molecule has 1 N–H and O–H groups in total. The number of hydrogen-bond donors (Lipinski definition) is 1. The summed E-state index contributed by atoms with van der Waals surface area (Å²) in [7, 11) is -3.37. The van der Waals surface area contributed by atoms with Gasteiger partial charge in [0, 0.05) is 18.7 Å². The average Bonchev–Trinajstić information content (AvgIpc) is 2.48. The summed E-state index contributed by atoms with van der Waals surface area (Å²) >= 11 is 0. The van der Waals surface area contributed by atoms with Crippen molar-refractivity contribution in [3.8, 4) is 0 Å². The maximum Gasteiger partial charge on any atom is 0.385 e. The number of rotatable bonds is 6. The lowest BCUT2D eigenvalue weighted by molar-refractivity contribution is -0.00000716. The van der Waals surface area contributed by atoms with Gasteiger partial charge in [0.15, 0.2) is 4.98 Å². The molecule has 0 radical (unpaired) electrons. The van der Waals surface area contributed by atoms with Gasteiger partial charge >= 0.3 is 5.69 Å². The van der Waals surface area contributed by atoms with Gasteiger partial charge in [-0.3, -0.25) is 0 Å². The molecule has 0 saturated carbocycles. The van der Waals surface area contributed by atoms with E-state index in [0.717, 1.165) is 5.56 Å². The standard InChI is InChI=1S/C15H16N3O2S.ClH/c16-18-15-8-6-14(7-9-15)12-21(19,20)17-11-10-13-4-2-1-3-5-13;/h1-9,17H,10-12H2;1H/q+1;/p-1. The van der Waals surface area contributed by atoms with Crippen LogP contribution in [0.15, 0.2) is 54.6 Å². The summed E-state index contributed by atoms with van der Waals surface area (Å²) in [6.45, 7) is 0.371. The molecule has 116 valence electrons. The molecule has 0 bridgehead atoms. The van der Waals surface area contributed by atoms with Crippen molar-refractivity contribution in [2.24, 2.45) is 0 Å². The van der Waals surface area contributed by atoms with Crippen molar-refractivity contribution in [2.45, 2.75) is 12.2 Å². The minimum Gasteiger partial charge on any atom is -1.00 e. The van der Waals surface area contributed by atoms with Crippen LogP contribution in [0.25, 0.3) is 4.98 Å². The van der Waals surface area contributed by atoms with Gasteiger partial charge in [0.05, 0.1) is 5.75 Å². The third kappa shape index (κ3) is 5.82. The van der Waals surface area contributed by atoms with Crippen molar-refractivity contribution in [3.63, 3.8) is 0 Å². The zero-order valence-electron chi connectivity index (χ0n) is 11.8. The Morgan fingerprint density at radius 1 is 0.955 bits per heavy atom. The molecule has 0 spiro atoms. The fourth-order valence-corrected chi connectivity index (χ4v) is 3.07. The van der Waals surface area contributed by atoms with E-state index >= 15 is 0 Å². The van der Waals surface area contributed by atoms with Crippen molar-refractivity contribution >= 4 is 15.7 Å². The Labute approximate surface area is 136 Å². The molecule has 22 heavy (non-hydrogen) atoms. The van der Waals surface area contributed by atoms with Crippen LogP contribution in [0.2, 0.25) is 0 Å². The lowest BCUT2D eigenvalue weighted by atomic mass is 10.2. The predicted molar refractivity (Wildman–Crippen MR) is 82.0 cm³/mol. The first-order chi connectivity index (χ1) is 10.1. The largest absolute Gasteiger partial charge is 1.00 e. The predicted octanol–water partition coefficient (Wildman–Crippen LogP) is -0.163. The minimum atomic E-state index is -3.37. The van der Waals surface area contributed by atoms with Crippen LogP contribution in [0.1, 0.15) is 11.1 Å². The first-order valence-corrected chi connectivity index (χ1v) is 8.19. The van der Waals surface area contributed by atoms with E-state index in [-0.39, 0.29) is 18.2 Å². The van der Waals surface area contributed by atoms with E-state index in [1.54, 1.807) is 24.3 Å². The maximum atomic E-state index is 12.0. The second-order valence-electron chi connectivity index (χ2n) is 4.66. The van der Waals surface area contributed by atoms with Gasteiger partial charge in [-0.05, 0) is 29.7 Å². The molecule has 7 heteroatoms. The number of hydrogen-bond acceptors (Lipinski definition) is 3. The van der Waals surface area contributed by atoms with E-state index in [2.05, 4.69) is 9.70 Å². The Balaban J connectivity index is 0.00000242. The molecule has 2 aromatic rings. The molecule has 2 aromatic carbocycles. The summed E-state index contributed by atoms with van der Waals surface area (Å²) in [6.07, 6.45) is 0.655. The minimum absolute atomic E-state index is 0. The molecule has 0 atom stereocenters. The molecular formula is C15H16ClN3O2S. The maximum absolute atomic E-state index is 12.0. The van der Waals surface area contributed by atoms with Crippen molar-refractivity contribution in [1.82, 2.24) is 4.72 Å². The Morgan fingerprint density at radius 2 is 1.59 bits per heavy atom. The summed E-state index contributed by atoms with van der Waals surface area (Å²) in [4.78, 5) is 3.03. The molecule has 2 rings (SSSR count). The van der Waals surface area contributed by atoms with Crippen LogP contribution in [0, 0.1) is 5.39 Å². The summed E-state index contributed by atoms with van der Waals surface area (Å²) in [5, 5.41) is 8.58. The van der Waals surface area contributed by atoms with Crippen LogP contribution in [0.3, 0.4) is 0 Å². The molecule has 0 aliphatic carbocycles. The number of benzene rings is 2. The smallest absolute Gasteiger partial charge is 0.385 e. The lowest BCUT2D eigenvalue weighted by Crippen LogP contribution is -3.00. The normalized spacial score (nSPS) is 10.5. The van der Waals surface area contributed by atoms with E-state index in [9.17, 15) is 8.42 Å². The third-order valence-electron chi connectivity index (χ3n) is 2.99. The van der Waals surface area contributed by atoms with Crippen molar-refractivity contribution in [1.29, 1.82) is 5.39 Å². The van der Waals surface area contributed by atoms with Crippen LogP contribution in [0.4, 0.5) is 5.69 Å². The summed E-state index contributed by atoms with van der Waals surface area (Å²) < 4.78 is 26.5. The summed E-state index contributed by atoms with van der Waals surface area (Å²) in [5.74, 6) is -0.0898. The molecule has 0 aliphatic rings. The van der Waals surface area contributed by atoms with Crippen LogP contribution in [-0.4, -0.2) is 15.0 Å². The monoisotopic (exact) mass is 337 g/mol. The molecule has 0 aromatic heterocycles. The Bertz CT molecular complexity index is 726. The van der Waals surface area contributed by atoms with Gasteiger partial charge in [-0.15, -0.1) is 0 Å². The quantitative estimate of drug-likeness (QED) is 0.744. The summed E-state index contributed by atoms with van der Waals surface area (Å²) in [5.41, 5.74) is 2.14. The SMILES string of the molecule is N#[N+]c1ccc(CS(=O)(=O)NCCc2ccccc2)cc1.[Cl-]. The van der Waals surface area contributed by atoms with Crippen LogP contribution >= 0.6 is 0 Å². The van der Waals surface area contributed by atoms with Gasteiger partial charge in [-0.2, -0.15) is 0 Å². The second-order valence-corrected chi connectivity index (χ2v) is 6.46. The highest BCUT2D eigenvalue weighted by Gasteiger charge is 2.12. The first kappa shape index (κ1) is 18.1. The Kier molecular flexibility index (Phi) is 6.99. The third-order valence-corrected chi connectivity index (χ3v) is 4.34. The molecule has 0 aliphatic heterocycles. The molecule has 0 heterocycles. The molecule has 5 nitrogen and oxygen atoms in total. The van der Waals surface area contributed by atoms with Gasteiger partial charge in [-0.1, -0.05) is 30.3 Å². The van der Waals surface area contributed by atoms with Gasteiger partial charge in [0.25, 0.3) is 0 Å². The highest BCUT2D eigenvalue weighted by atomic mass is 35.5. The number of sulfonamides is 1. The molecule has 0 unspecified atom stereocenters. The van der Waals surface area contributed by atoms with Crippen molar-refractivity contribution < 1.29 is 20.8 Å². The van der Waals surface area contributed by atoms with E-state index in [0.29, 0.717) is 24.2 Å². The fourth-order valence-electron chi connectivity index (χ4n) is 1.92. The second kappa shape index (κ2) is 8.49. The topological polar surface area (TPSA) is 74.3 Å². The van der Waals surface area contributed by atoms with Gasteiger partial charge in [0.2, 0.25) is 15.4 Å². The Morgan fingerprint density at radius 3 is 2.18 bits per heavy atom. The molecule has 0 saturated heterocycles.